The summed E-state index contributed by atoms with van der Waals surface area (Å²) in [7, 11) is 0. The van der Waals surface area contributed by atoms with E-state index in [1.807, 2.05) is 0 Å². The Kier molecular flexibility index (Phi) is 4.41. The fourth-order valence-corrected chi connectivity index (χ4v) is 2.79. The molecule has 1 heterocycles. The number of hydrogen-bond donors (Lipinski definition) is 1. The van der Waals surface area contributed by atoms with Gasteiger partial charge in [-0.3, -0.25) is 15.0 Å². The number of halogens is 3. The minimum atomic E-state index is -0.622. The SMILES string of the molecule is C=C1C(=O)NC(=O)N1c1cc(Cl)c(Oc2ccc(Cl)cc2)c(Cl)c1. The highest BCUT2D eigenvalue weighted by Crippen LogP contribution is 2.40. The normalized spacial score (nSPS) is 14.1. The van der Waals surface area contributed by atoms with Gasteiger partial charge in [-0.15, -0.1) is 0 Å². The molecule has 0 unspecified atom stereocenters. The molecule has 2 aromatic carbocycles. The Labute approximate surface area is 152 Å². The molecule has 1 aliphatic heterocycles. The van der Waals surface area contributed by atoms with Crippen LogP contribution in [0.5, 0.6) is 11.5 Å². The topological polar surface area (TPSA) is 58.6 Å². The molecule has 0 spiro atoms. The summed E-state index contributed by atoms with van der Waals surface area (Å²) in [5.74, 6) is 0.143. The van der Waals surface area contributed by atoms with Crippen molar-refractivity contribution in [2.24, 2.45) is 0 Å². The van der Waals surface area contributed by atoms with Gasteiger partial charge in [0.2, 0.25) is 0 Å². The van der Waals surface area contributed by atoms with Crippen molar-refractivity contribution in [3.8, 4) is 11.5 Å². The van der Waals surface area contributed by atoms with Crippen molar-refractivity contribution in [3.63, 3.8) is 0 Å². The van der Waals surface area contributed by atoms with Crippen molar-refractivity contribution in [2.45, 2.75) is 0 Å². The van der Waals surface area contributed by atoms with Crippen LogP contribution in [-0.4, -0.2) is 11.9 Å². The number of benzene rings is 2. The lowest BCUT2D eigenvalue weighted by atomic mass is 10.2. The zero-order chi connectivity index (χ0) is 17.4. The molecule has 3 rings (SSSR count). The summed E-state index contributed by atoms with van der Waals surface area (Å²) in [4.78, 5) is 24.4. The van der Waals surface area contributed by atoms with Crippen molar-refractivity contribution in [3.05, 3.63) is 63.7 Å². The third-order valence-electron chi connectivity index (χ3n) is 3.23. The second kappa shape index (κ2) is 6.36. The lowest BCUT2D eigenvalue weighted by Crippen LogP contribution is -2.27. The van der Waals surface area contributed by atoms with Gasteiger partial charge in [-0.05, 0) is 36.4 Å². The van der Waals surface area contributed by atoms with Crippen LogP contribution in [0.25, 0.3) is 0 Å². The van der Waals surface area contributed by atoms with E-state index in [1.54, 1.807) is 24.3 Å². The maximum atomic E-state index is 11.8. The number of carbonyl (C=O) groups excluding carboxylic acids is 2. The van der Waals surface area contributed by atoms with Crippen molar-refractivity contribution in [2.75, 3.05) is 4.90 Å². The van der Waals surface area contributed by atoms with Gasteiger partial charge in [0.25, 0.3) is 5.91 Å². The minimum absolute atomic E-state index is 0.0153. The molecule has 1 aliphatic rings. The molecular formula is C16H9Cl3N2O3. The van der Waals surface area contributed by atoms with Gasteiger partial charge < -0.3 is 4.74 Å². The summed E-state index contributed by atoms with van der Waals surface area (Å²) in [5.41, 5.74) is 0.292. The van der Waals surface area contributed by atoms with Gasteiger partial charge in [0.15, 0.2) is 5.75 Å². The second-order valence-electron chi connectivity index (χ2n) is 4.84. The zero-order valence-corrected chi connectivity index (χ0v) is 14.2. The van der Waals surface area contributed by atoms with Crippen molar-refractivity contribution in [1.29, 1.82) is 0 Å². The molecule has 0 bridgehead atoms. The van der Waals surface area contributed by atoms with Crippen LogP contribution >= 0.6 is 34.8 Å². The molecule has 8 heteroatoms. The molecule has 0 radical (unpaired) electrons. The average Bonchev–Trinajstić information content (AvgIpc) is 2.77. The monoisotopic (exact) mass is 382 g/mol. The third kappa shape index (κ3) is 3.06. The van der Waals surface area contributed by atoms with Crippen LogP contribution in [0.1, 0.15) is 0 Å². The Hall–Kier alpha value is -2.21. The smallest absolute Gasteiger partial charge is 0.333 e. The zero-order valence-electron chi connectivity index (χ0n) is 12.0. The average molecular weight is 384 g/mol. The van der Waals surface area contributed by atoms with Crippen LogP contribution in [0, 0.1) is 0 Å². The van der Waals surface area contributed by atoms with Crippen LogP contribution in [0.3, 0.4) is 0 Å². The second-order valence-corrected chi connectivity index (χ2v) is 6.09. The van der Waals surface area contributed by atoms with E-state index in [4.69, 9.17) is 39.5 Å². The number of carbonyl (C=O) groups is 2. The van der Waals surface area contributed by atoms with Gasteiger partial charge in [0.05, 0.1) is 15.7 Å². The number of ether oxygens (including phenoxy) is 1. The summed E-state index contributed by atoms with van der Waals surface area (Å²) in [6, 6.07) is 8.95. The molecule has 0 atom stereocenters. The first kappa shape index (κ1) is 16.6. The molecule has 1 N–H and O–H groups in total. The summed E-state index contributed by atoms with van der Waals surface area (Å²) < 4.78 is 5.66. The maximum absolute atomic E-state index is 11.8. The van der Waals surface area contributed by atoms with Crippen molar-refractivity contribution in [1.82, 2.24) is 5.32 Å². The molecule has 0 aliphatic carbocycles. The van der Waals surface area contributed by atoms with E-state index in [0.717, 1.165) is 4.90 Å². The highest BCUT2D eigenvalue weighted by molar-refractivity contribution is 6.38. The quantitative estimate of drug-likeness (QED) is 0.599. The van der Waals surface area contributed by atoms with Crippen LogP contribution in [0.4, 0.5) is 10.5 Å². The number of nitrogens with one attached hydrogen (secondary N) is 1. The Balaban J connectivity index is 1.94. The highest BCUT2D eigenvalue weighted by atomic mass is 35.5. The standard InChI is InChI=1S/C16H9Cl3N2O3/c1-8-15(22)20-16(23)21(8)10-6-12(18)14(13(19)7-10)24-11-4-2-9(17)3-5-11/h2-7H,1H2,(H,20,22,23). The van der Waals surface area contributed by atoms with E-state index in [0.29, 0.717) is 16.5 Å². The van der Waals surface area contributed by atoms with Gasteiger partial charge in [0, 0.05) is 5.02 Å². The summed E-state index contributed by atoms with van der Waals surface area (Å²) in [5, 5.41) is 3.05. The van der Waals surface area contributed by atoms with Gasteiger partial charge in [-0.25, -0.2) is 4.79 Å². The number of anilines is 1. The number of imide groups is 1. The predicted octanol–water partition coefficient (Wildman–Crippen LogP) is 5.01. The Morgan fingerprint density at radius 1 is 1.00 bits per heavy atom. The minimum Gasteiger partial charge on any atom is -0.454 e. The van der Waals surface area contributed by atoms with Crippen LogP contribution in [-0.2, 0) is 4.79 Å². The van der Waals surface area contributed by atoms with E-state index >= 15 is 0 Å². The largest absolute Gasteiger partial charge is 0.454 e. The molecule has 0 aromatic heterocycles. The molecule has 2 aromatic rings. The number of urea groups is 1. The number of hydrogen-bond acceptors (Lipinski definition) is 3. The fraction of sp³-hybridized carbons (Fsp3) is 0. The van der Waals surface area contributed by atoms with E-state index < -0.39 is 11.9 Å². The first-order chi connectivity index (χ1) is 11.4. The van der Waals surface area contributed by atoms with Gasteiger partial charge in [-0.1, -0.05) is 41.4 Å². The number of rotatable bonds is 3. The number of nitrogens with zero attached hydrogens (tertiary/aromatic N) is 1. The van der Waals surface area contributed by atoms with Crippen molar-refractivity contribution < 1.29 is 14.3 Å². The lowest BCUT2D eigenvalue weighted by molar-refractivity contribution is -0.115. The van der Waals surface area contributed by atoms with Crippen LogP contribution in [0.2, 0.25) is 15.1 Å². The van der Waals surface area contributed by atoms with Crippen LogP contribution < -0.4 is 15.0 Å². The molecule has 0 saturated carbocycles. The molecular weight excluding hydrogens is 375 g/mol. The molecule has 24 heavy (non-hydrogen) atoms. The molecule has 1 saturated heterocycles. The summed E-state index contributed by atoms with van der Waals surface area (Å²) >= 11 is 18.3. The molecule has 3 amide bonds. The van der Waals surface area contributed by atoms with E-state index in [9.17, 15) is 9.59 Å². The van der Waals surface area contributed by atoms with Gasteiger partial charge >= 0.3 is 6.03 Å². The molecule has 1 fully saturated rings. The van der Waals surface area contributed by atoms with Gasteiger partial charge in [0.1, 0.15) is 11.4 Å². The maximum Gasteiger partial charge on any atom is 0.333 e. The lowest BCUT2D eigenvalue weighted by Gasteiger charge is -2.17. The Morgan fingerprint density at radius 2 is 1.58 bits per heavy atom. The van der Waals surface area contributed by atoms with E-state index in [2.05, 4.69) is 11.9 Å². The number of amides is 3. The van der Waals surface area contributed by atoms with Crippen molar-refractivity contribution >= 4 is 52.4 Å². The summed E-state index contributed by atoms with van der Waals surface area (Å²) in [6.45, 7) is 3.56. The molecule has 122 valence electrons. The Morgan fingerprint density at radius 3 is 2.08 bits per heavy atom. The summed E-state index contributed by atoms with van der Waals surface area (Å²) in [6.07, 6.45) is 0. The highest BCUT2D eigenvalue weighted by Gasteiger charge is 2.33. The first-order valence-electron chi connectivity index (χ1n) is 6.63. The van der Waals surface area contributed by atoms with E-state index in [-0.39, 0.29) is 21.5 Å². The Bertz CT molecular complexity index is 842. The predicted molar refractivity (Wildman–Crippen MR) is 93.1 cm³/mol. The van der Waals surface area contributed by atoms with Gasteiger partial charge in [-0.2, -0.15) is 0 Å². The van der Waals surface area contributed by atoms with E-state index in [1.165, 1.54) is 12.1 Å². The first-order valence-corrected chi connectivity index (χ1v) is 7.77. The van der Waals surface area contributed by atoms with Crippen LogP contribution in [0.15, 0.2) is 48.7 Å². The molecule has 5 nitrogen and oxygen atoms in total. The third-order valence-corrected chi connectivity index (χ3v) is 4.04. The fourth-order valence-electron chi connectivity index (χ4n) is 2.12.